The molecule has 0 atom stereocenters. The fourth-order valence-electron chi connectivity index (χ4n) is 2.89. The maximum atomic E-state index is 9.70. The van der Waals surface area contributed by atoms with E-state index in [0.29, 0.717) is 16.5 Å². The molecule has 0 bridgehead atoms. The second-order valence-corrected chi connectivity index (χ2v) is 6.69. The molecular formula is C23H17Cl2N. The van der Waals surface area contributed by atoms with E-state index in [-0.39, 0.29) is 0 Å². The molecule has 0 saturated carbocycles. The molecule has 0 aromatic heterocycles. The Balaban J connectivity index is 2.03. The van der Waals surface area contributed by atoms with Gasteiger partial charge in [0.05, 0.1) is 5.56 Å². The first-order valence-electron chi connectivity index (χ1n) is 8.25. The van der Waals surface area contributed by atoms with E-state index < -0.39 is 0 Å². The normalized spacial score (nSPS) is 10.8. The van der Waals surface area contributed by atoms with Crippen molar-refractivity contribution in [1.29, 1.82) is 5.26 Å². The highest BCUT2D eigenvalue weighted by Crippen LogP contribution is 2.28. The van der Waals surface area contributed by atoms with Gasteiger partial charge in [0.15, 0.2) is 0 Å². The summed E-state index contributed by atoms with van der Waals surface area (Å²) < 4.78 is 0. The number of rotatable bonds is 4. The molecule has 0 fully saturated rings. The largest absolute Gasteiger partial charge is 0.192 e. The fraction of sp³-hybridized carbons (Fsp3) is 0.0870. The van der Waals surface area contributed by atoms with Gasteiger partial charge in [-0.2, -0.15) is 5.26 Å². The Bertz CT molecular complexity index is 999. The minimum Gasteiger partial charge on any atom is -0.192 e. The average Bonchev–Trinajstić information content (AvgIpc) is 2.68. The smallest absolute Gasteiger partial charge is 0.100 e. The molecule has 0 radical (unpaired) electrons. The van der Waals surface area contributed by atoms with Crippen molar-refractivity contribution in [3.05, 3.63) is 93.5 Å². The van der Waals surface area contributed by atoms with Crippen LogP contribution in [0.15, 0.2) is 60.7 Å². The van der Waals surface area contributed by atoms with Crippen LogP contribution in [-0.2, 0) is 5.88 Å². The molecule has 0 heterocycles. The number of benzene rings is 3. The van der Waals surface area contributed by atoms with Crippen molar-refractivity contribution in [2.75, 3.05) is 0 Å². The molecule has 3 heteroatoms. The van der Waals surface area contributed by atoms with Crippen molar-refractivity contribution >= 4 is 35.4 Å². The molecule has 0 saturated heterocycles. The van der Waals surface area contributed by atoms with E-state index in [1.165, 1.54) is 0 Å². The molecule has 0 aliphatic rings. The Labute approximate surface area is 164 Å². The van der Waals surface area contributed by atoms with Crippen LogP contribution in [0.2, 0.25) is 5.02 Å². The highest BCUT2D eigenvalue weighted by Gasteiger charge is 2.08. The molecule has 0 aliphatic carbocycles. The lowest BCUT2D eigenvalue weighted by Gasteiger charge is -2.08. The average molecular weight is 378 g/mol. The summed E-state index contributed by atoms with van der Waals surface area (Å²) in [5, 5.41) is 10.4. The molecule has 0 spiro atoms. The van der Waals surface area contributed by atoms with E-state index in [1.54, 1.807) is 0 Å². The number of hydrogen-bond acceptors (Lipinski definition) is 1. The number of nitrogens with zero attached hydrogens (tertiary/aromatic N) is 1. The van der Waals surface area contributed by atoms with Gasteiger partial charge in [0.1, 0.15) is 6.07 Å². The predicted octanol–water partition coefficient (Wildman–Crippen LogP) is 7.10. The summed E-state index contributed by atoms with van der Waals surface area (Å²) in [6, 6.07) is 22.1. The van der Waals surface area contributed by atoms with E-state index in [1.807, 2.05) is 79.7 Å². The molecule has 0 unspecified atom stereocenters. The lowest BCUT2D eigenvalue weighted by atomic mass is 9.95. The van der Waals surface area contributed by atoms with Crippen molar-refractivity contribution in [3.63, 3.8) is 0 Å². The molecule has 3 aromatic rings. The first-order chi connectivity index (χ1) is 12.6. The van der Waals surface area contributed by atoms with Gasteiger partial charge < -0.3 is 0 Å². The number of aryl methyl sites for hydroxylation is 1. The van der Waals surface area contributed by atoms with Gasteiger partial charge in [-0.25, -0.2) is 0 Å². The summed E-state index contributed by atoms with van der Waals surface area (Å²) >= 11 is 12.3. The Morgan fingerprint density at radius 3 is 2.38 bits per heavy atom. The van der Waals surface area contributed by atoms with Crippen molar-refractivity contribution in [2.45, 2.75) is 12.8 Å². The molecule has 0 N–H and O–H groups in total. The number of hydrogen-bond donors (Lipinski definition) is 0. The van der Waals surface area contributed by atoms with Crippen LogP contribution in [0.3, 0.4) is 0 Å². The summed E-state index contributed by atoms with van der Waals surface area (Å²) in [5.41, 5.74) is 6.51. The summed E-state index contributed by atoms with van der Waals surface area (Å²) in [4.78, 5) is 0. The van der Waals surface area contributed by atoms with Crippen molar-refractivity contribution < 1.29 is 0 Å². The lowest BCUT2D eigenvalue weighted by Crippen LogP contribution is -1.89. The fourth-order valence-corrected chi connectivity index (χ4v) is 3.43. The van der Waals surface area contributed by atoms with Crippen molar-refractivity contribution in [3.8, 4) is 17.2 Å². The van der Waals surface area contributed by atoms with Gasteiger partial charge in [-0.3, -0.25) is 0 Å². The molecule has 3 aromatic carbocycles. The van der Waals surface area contributed by atoms with E-state index in [4.69, 9.17) is 23.2 Å². The Morgan fingerprint density at radius 2 is 1.69 bits per heavy atom. The van der Waals surface area contributed by atoms with Gasteiger partial charge >= 0.3 is 0 Å². The Hall–Kier alpha value is -2.53. The second kappa shape index (κ2) is 8.23. The molecule has 0 aliphatic heterocycles. The standard InChI is InChI=1S/C23H17Cl2N/c1-16-12-19(23(25)13-20(16)14-24)11-10-18-8-5-9-21(22(18)15-26)17-6-3-2-4-7-17/h2-13H,14H2,1H3/b11-10+. The van der Waals surface area contributed by atoms with Crippen LogP contribution in [0.5, 0.6) is 0 Å². The third-order valence-corrected chi connectivity index (χ3v) is 4.95. The van der Waals surface area contributed by atoms with Crippen molar-refractivity contribution in [1.82, 2.24) is 0 Å². The Morgan fingerprint density at radius 1 is 0.962 bits per heavy atom. The summed E-state index contributed by atoms with van der Waals surface area (Å²) in [5.74, 6) is 0.438. The van der Waals surface area contributed by atoms with Crippen LogP contribution in [0, 0.1) is 18.3 Å². The molecular weight excluding hydrogens is 361 g/mol. The van der Waals surface area contributed by atoms with E-state index in [0.717, 1.165) is 33.4 Å². The number of alkyl halides is 1. The van der Waals surface area contributed by atoms with Crippen LogP contribution >= 0.6 is 23.2 Å². The summed E-state index contributed by atoms with van der Waals surface area (Å²) in [7, 11) is 0. The van der Waals surface area contributed by atoms with Gasteiger partial charge in [-0.15, -0.1) is 11.6 Å². The lowest BCUT2D eigenvalue weighted by molar-refractivity contribution is 1.30. The van der Waals surface area contributed by atoms with E-state index in [2.05, 4.69) is 6.07 Å². The summed E-state index contributed by atoms with van der Waals surface area (Å²) in [6.07, 6.45) is 3.88. The molecule has 26 heavy (non-hydrogen) atoms. The number of halogens is 2. The van der Waals surface area contributed by atoms with Crippen LogP contribution in [0.1, 0.15) is 27.8 Å². The third-order valence-electron chi connectivity index (χ3n) is 4.33. The third kappa shape index (κ3) is 3.83. The second-order valence-electron chi connectivity index (χ2n) is 6.01. The molecule has 1 nitrogen and oxygen atoms in total. The van der Waals surface area contributed by atoms with Crippen LogP contribution in [0.4, 0.5) is 0 Å². The highest BCUT2D eigenvalue weighted by molar-refractivity contribution is 6.32. The topological polar surface area (TPSA) is 23.8 Å². The first-order valence-corrected chi connectivity index (χ1v) is 9.17. The van der Waals surface area contributed by atoms with Crippen molar-refractivity contribution in [2.24, 2.45) is 0 Å². The molecule has 0 amide bonds. The quantitative estimate of drug-likeness (QED) is 0.351. The monoisotopic (exact) mass is 377 g/mol. The van der Waals surface area contributed by atoms with Gasteiger partial charge in [-0.1, -0.05) is 78.4 Å². The van der Waals surface area contributed by atoms with Crippen LogP contribution < -0.4 is 0 Å². The maximum Gasteiger partial charge on any atom is 0.100 e. The zero-order valence-corrected chi connectivity index (χ0v) is 15.9. The van der Waals surface area contributed by atoms with Gasteiger partial charge in [0.2, 0.25) is 0 Å². The summed E-state index contributed by atoms with van der Waals surface area (Å²) in [6.45, 7) is 2.02. The molecule has 3 rings (SSSR count). The zero-order valence-electron chi connectivity index (χ0n) is 14.3. The van der Waals surface area contributed by atoms with Crippen LogP contribution in [-0.4, -0.2) is 0 Å². The SMILES string of the molecule is Cc1cc(/C=C/c2cccc(-c3ccccc3)c2C#N)c(Cl)cc1CCl. The Kier molecular flexibility index (Phi) is 5.78. The molecule has 128 valence electrons. The number of nitriles is 1. The maximum absolute atomic E-state index is 9.70. The van der Waals surface area contributed by atoms with E-state index >= 15 is 0 Å². The minimum absolute atomic E-state index is 0.438. The predicted molar refractivity (Wildman–Crippen MR) is 111 cm³/mol. The first kappa shape index (κ1) is 18.3. The van der Waals surface area contributed by atoms with Gasteiger partial charge in [-0.05, 0) is 40.8 Å². The van der Waals surface area contributed by atoms with Gasteiger partial charge in [0.25, 0.3) is 0 Å². The zero-order chi connectivity index (χ0) is 18.5. The van der Waals surface area contributed by atoms with E-state index in [9.17, 15) is 5.26 Å². The highest BCUT2D eigenvalue weighted by atomic mass is 35.5. The minimum atomic E-state index is 0.438. The van der Waals surface area contributed by atoms with Gasteiger partial charge in [0, 0.05) is 16.5 Å². The van der Waals surface area contributed by atoms with Crippen LogP contribution in [0.25, 0.3) is 23.3 Å².